The Labute approximate surface area is 204 Å². The molecule has 3 aromatic rings. The van der Waals surface area contributed by atoms with Crippen molar-refractivity contribution >= 4 is 30.7 Å². The Hall–Kier alpha value is -2.09. The van der Waals surface area contributed by atoms with Crippen LogP contribution in [0.2, 0.25) is 0 Å². The Morgan fingerprint density at radius 2 is 1.89 bits per heavy atom. The van der Waals surface area contributed by atoms with Gasteiger partial charge in [0.1, 0.15) is 18.3 Å². The molecule has 0 amide bonds. The number of aliphatic hydroxyl groups excluding tert-OH is 2. The van der Waals surface area contributed by atoms with Crippen LogP contribution in [0.25, 0.3) is 11.2 Å². The molecule has 14 heteroatoms. The van der Waals surface area contributed by atoms with Crippen LogP contribution in [-0.4, -0.2) is 64.4 Å². The van der Waals surface area contributed by atoms with Gasteiger partial charge in [-0.1, -0.05) is 56.8 Å². The number of fused-ring (bicyclic) bond motifs is 1. The number of nitrogens with one attached hydrogen (secondary N) is 1. The van der Waals surface area contributed by atoms with E-state index in [2.05, 4.69) is 52.4 Å². The lowest BCUT2D eigenvalue weighted by atomic mass is 9.87. The molecule has 1 unspecified atom stereocenters. The summed E-state index contributed by atoms with van der Waals surface area (Å²) in [5, 5.41) is 21.4. The molecular weight excluding hydrogens is 499 g/mol. The molecule has 2 aromatic heterocycles. The standard InChI is InChI=1S/C21H27N4O8PS/c1-21(2,3)12-6-4-11(5-7-12)9-35-20-24-14-17(22-10-23-18(14)28)25(20)19-16(27)15(26)13(33-19)8-32-34(29,30)31/h4-7,10,13,15-16,19,26-27H,8-9H2,1-3H3,(H,22,23,28)(H2,29,30,31)/t13-,15-,16-,19?/m1/s1. The average molecular weight is 527 g/mol. The van der Waals surface area contributed by atoms with E-state index in [0.29, 0.717) is 10.9 Å². The van der Waals surface area contributed by atoms with Gasteiger partial charge in [0.25, 0.3) is 5.56 Å². The summed E-state index contributed by atoms with van der Waals surface area (Å²) >= 11 is 1.29. The summed E-state index contributed by atoms with van der Waals surface area (Å²) in [7, 11) is -4.81. The van der Waals surface area contributed by atoms with Gasteiger partial charge in [-0.15, -0.1) is 0 Å². The van der Waals surface area contributed by atoms with E-state index in [1.54, 1.807) is 0 Å². The fraction of sp³-hybridized carbons (Fsp3) is 0.476. The molecule has 1 aliphatic rings. The number of phosphoric ester groups is 1. The third kappa shape index (κ3) is 5.68. The van der Waals surface area contributed by atoms with Crippen LogP contribution in [0.5, 0.6) is 0 Å². The highest BCUT2D eigenvalue weighted by Crippen LogP contribution is 2.40. The molecule has 0 radical (unpaired) electrons. The van der Waals surface area contributed by atoms with Gasteiger partial charge >= 0.3 is 7.82 Å². The molecule has 0 bridgehead atoms. The van der Waals surface area contributed by atoms with Crippen molar-refractivity contribution in [3.63, 3.8) is 0 Å². The number of benzene rings is 1. The van der Waals surface area contributed by atoms with Crippen molar-refractivity contribution in [2.75, 3.05) is 6.61 Å². The highest BCUT2D eigenvalue weighted by Gasteiger charge is 2.46. The van der Waals surface area contributed by atoms with E-state index in [4.69, 9.17) is 14.5 Å². The summed E-state index contributed by atoms with van der Waals surface area (Å²) in [4.78, 5) is 41.3. The van der Waals surface area contributed by atoms with Gasteiger partial charge in [0.05, 0.1) is 12.9 Å². The summed E-state index contributed by atoms with van der Waals surface area (Å²) in [6.07, 6.45) is -4.27. The second-order valence-electron chi connectivity index (χ2n) is 9.24. The Bertz CT molecular complexity index is 1300. The van der Waals surface area contributed by atoms with Gasteiger partial charge in [-0.25, -0.2) is 14.5 Å². The van der Waals surface area contributed by atoms with Gasteiger partial charge in [0.2, 0.25) is 0 Å². The first-order valence-electron chi connectivity index (χ1n) is 10.7. The number of aromatic nitrogens is 4. The maximum Gasteiger partial charge on any atom is 0.469 e. The van der Waals surface area contributed by atoms with Crippen molar-refractivity contribution in [1.29, 1.82) is 0 Å². The Balaban J connectivity index is 1.63. The van der Waals surface area contributed by atoms with Crippen molar-refractivity contribution < 1.29 is 33.8 Å². The van der Waals surface area contributed by atoms with Gasteiger partial charge in [-0.3, -0.25) is 13.9 Å². The lowest BCUT2D eigenvalue weighted by molar-refractivity contribution is -0.0541. The molecule has 4 atom stereocenters. The molecule has 1 fully saturated rings. The van der Waals surface area contributed by atoms with Crippen LogP contribution >= 0.6 is 19.6 Å². The second-order valence-corrected chi connectivity index (χ2v) is 11.4. The number of hydrogen-bond acceptors (Lipinski definition) is 9. The average Bonchev–Trinajstić information content (AvgIpc) is 3.28. The first-order chi connectivity index (χ1) is 16.3. The van der Waals surface area contributed by atoms with Crippen molar-refractivity contribution in [2.24, 2.45) is 0 Å². The number of aliphatic hydroxyl groups is 2. The fourth-order valence-electron chi connectivity index (χ4n) is 3.73. The number of nitrogens with zero attached hydrogens (tertiary/aromatic N) is 3. The quantitative estimate of drug-likeness (QED) is 0.222. The zero-order valence-electron chi connectivity index (χ0n) is 19.2. The molecule has 12 nitrogen and oxygen atoms in total. The predicted molar refractivity (Wildman–Crippen MR) is 127 cm³/mol. The monoisotopic (exact) mass is 526 g/mol. The van der Waals surface area contributed by atoms with E-state index in [-0.39, 0.29) is 16.6 Å². The molecule has 0 spiro atoms. The smallest absolute Gasteiger partial charge is 0.387 e. The number of thioether (sulfide) groups is 1. The molecular formula is C21H27N4O8PS. The molecule has 1 aliphatic heterocycles. The van der Waals surface area contributed by atoms with Gasteiger partial charge < -0.3 is 29.7 Å². The zero-order valence-corrected chi connectivity index (χ0v) is 20.9. The Morgan fingerprint density at radius 1 is 1.20 bits per heavy atom. The summed E-state index contributed by atoms with van der Waals surface area (Å²) < 4.78 is 22.6. The highest BCUT2D eigenvalue weighted by atomic mass is 32.2. The number of hydrogen-bond donors (Lipinski definition) is 5. The van der Waals surface area contributed by atoms with Crippen LogP contribution in [0.15, 0.2) is 40.5 Å². The molecule has 0 saturated carbocycles. The minimum Gasteiger partial charge on any atom is -0.387 e. The largest absolute Gasteiger partial charge is 0.469 e. The fourth-order valence-corrected chi connectivity index (χ4v) is 5.05. The highest BCUT2D eigenvalue weighted by molar-refractivity contribution is 7.98. The van der Waals surface area contributed by atoms with Gasteiger partial charge in [0, 0.05) is 5.75 Å². The predicted octanol–water partition coefficient (Wildman–Crippen LogP) is 1.44. The van der Waals surface area contributed by atoms with E-state index in [1.807, 2.05) is 12.1 Å². The van der Waals surface area contributed by atoms with Gasteiger partial charge in [0.15, 0.2) is 22.5 Å². The number of rotatable bonds is 7. The molecule has 1 aromatic carbocycles. The molecule has 0 aliphatic carbocycles. The number of aromatic amines is 1. The maximum atomic E-state index is 12.3. The lowest BCUT2D eigenvalue weighted by Gasteiger charge is -2.20. The van der Waals surface area contributed by atoms with Crippen molar-refractivity contribution in [1.82, 2.24) is 19.5 Å². The normalized spacial score (nSPS) is 23.3. The van der Waals surface area contributed by atoms with Crippen molar-refractivity contribution in [3.8, 4) is 0 Å². The van der Waals surface area contributed by atoms with Crippen LogP contribution < -0.4 is 5.56 Å². The number of imidazole rings is 1. The Kier molecular flexibility index (Phi) is 7.24. The molecule has 5 N–H and O–H groups in total. The molecule has 190 valence electrons. The Morgan fingerprint density at radius 3 is 2.51 bits per heavy atom. The second kappa shape index (κ2) is 9.75. The van der Waals surface area contributed by atoms with Crippen molar-refractivity contribution in [3.05, 3.63) is 52.1 Å². The molecule has 4 rings (SSSR count). The third-order valence-corrected chi connectivity index (χ3v) is 7.15. The van der Waals surface area contributed by atoms with E-state index in [0.717, 1.165) is 5.56 Å². The molecule has 35 heavy (non-hydrogen) atoms. The van der Waals surface area contributed by atoms with E-state index < -0.39 is 44.5 Å². The summed E-state index contributed by atoms with van der Waals surface area (Å²) in [6.45, 7) is 5.73. The zero-order chi connectivity index (χ0) is 25.5. The van der Waals surface area contributed by atoms with E-state index in [9.17, 15) is 19.6 Å². The van der Waals surface area contributed by atoms with Crippen molar-refractivity contribution in [2.45, 2.75) is 61.6 Å². The third-order valence-electron chi connectivity index (χ3n) is 5.64. The molecule has 3 heterocycles. The SMILES string of the molecule is CC(C)(C)c1ccc(CSc2nc3c(=O)[nH]cnc3n2C2O[C@H](COP(=O)(O)O)[C@@H](O)[C@H]2O)cc1. The number of phosphoric acid groups is 1. The maximum absolute atomic E-state index is 12.3. The van der Waals surface area contributed by atoms with Crippen LogP contribution in [-0.2, 0) is 25.0 Å². The first-order valence-corrected chi connectivity index (χ1v) is 13.3. The minimum atomic E-state index is -4.81. The van der Waals surface area contributed by atoms with E-state index >= 15 is 0 Å². The van der Waals surface area contributed by atoms with E-state index in [1.165, 1.54) is 28.2 Å². The first kappa shape index (κ1) is 26.0. The molecule has 1 saturated heterocycles. The summed E-state index contributed by atoms with van der Waals surface area (Å²) in [5.74, 6) is 0.488. The van der Waals surface area contributed by atoms with Gasteiger partial charge in [-0.2, -0.15) is 0 Å². The van der Waals surface area contributed by atoms with Crippen LogP contribution in [0.1, 0.15) is 38.1 Å². The minimum absolute atomic E-state index is 0.0170. The van der Waals surface area contributed by atoms with Crippen LogP contribution in [0.3, 0.4) is 0 Å². The number of ether oxygens (including phenoxy) is 1. The number of H-pyrrole nitrogens is 1. The summed E-state index contributed by atoms with van der Waals surface area (Å²) in [6, 6.07) is 8.12. The lowest BCUT2D eigenvalue weighted by Crippen LogP contribution is -2.33. The van der Waals surface area contributed by atoms with Crippen LogP contribution in [0.4, 0.5) is 0 Å². The topological polar surface area (TPSA) is 180 Å². The van der Waals surface area contributed by atoms with Gasteiger partial charge in [-0.05, 0) is 16.5 Å². The summed E-state index contributed by atoms with van der Waals surface area (Å²) in [5.41, 5.74) is 1.88. The van der Waals surface area contributed by atoms with Crippen LogP contribution in [0, 0.1) is 0 Å².